The highest BCUT2D eigenvalue weighted by Gasteiger charge is 2.21. The number of amides is 1. The Morgan fingerprint density at radius 3 is 2.72 bits per heavy atom. The van der Waals surface area contributed by atoms with Gasteiger partial charge in [-0.3, -0.25) is 4.79 Å². The van der Waals surface area contributed by atoms with Crippen LogP contribution in [0.2, 0.25) is 0 Å². The monoisotopic (exact) mass is 266 g/mol. The molecule has 0 fully saturated rings. The molecule has 0 aromatic carbocycles. The van der Waals surface area contributed by atoms with Gasteiger partial charge >= 0.3 is 0 Å². The number of nitrogens with zero attached hydrogens (tertiary/aromatic N) is 3. The van der Waals surface area contributed by atoms with Crippen LogP contribution in [-0.2, 0) is 0 Å². The number of nitrogen functional groups attached to an aromatic ring is 1. The zero-order valence-corrected chi connectivity index (χ0v) is 11.8. The Balaban J connectivity index is 2.88. The van der Waals surface area contributed by atoms with Gasteiger partial charge in [-0.1, -0.05) is 25.2 Å². The van der Waals surface area contributed by atoms with E-state index >= 15 is 0 Å². The molecule has 98 valence electrons. The molecule has 1 heterocycles. The van der Waals surface area contributed by atoms with Gasteiger partial charge in [0.15, 0.2) is 5.13 Å². The van der Waals surface area contributed by atoms with Crippen molar-refractivity contribution in [3.63, 3.8) is 0 Å². The van der Waals surface area contributed by atoms with Gasteiger partial charge < -0.3 is 10.6 Å². The van der Waals surface area contributed by atoms with Crippen molar-refractivity contribution in [2.45, 2.75) is 27.2 Å². The van der Waals surface area contributed by atoms with Gasteiger partial charge in [-0.05, 0) is 12.8 Å². The number of anilines is 1. The maximum Gasteiger partial charge on any atom is 0.265 e. The summed E-state index contributed by atoms with van der Waals surface area (Å²) in [6.07, 6.45) is 0.339. The highest BCUT2D eigenvalue weighted by molar-refractivity contribution is 7.17. The van der Waals surface area contributed by atoms with E-state index < -0.39 is 0 Å². The van der Waals surface area contributed by atoms with Crippen LogP contribution in [0.1, 0.15) is 35.6 Å². The summed E-state index contributed by atoms with van der Waals surface area (Å²) in [4.78, 5) is 18.7. The van der Waals surface area contributed by atoms with Crippen molar-refractivity contribution >= 4 is 22.4 Å². The zero-order valence-electron chi connectivity index (χ0n) is 10.9. The number of aryl methyl sites for hydroxylation is 1. The molecular weight excluding hydrogens is 248 g/mol. The molecule has 1 amide bonds. The summed E-state index contributed by atoms with van der Waals surface area (Å²) in [5, 5.41) is 9.05. The van der Waals surface area contributed by atoms with E-state index in [1.165, 1.54) is 11.3 Å². The standard InChI is InChI=1S/C12H18N4OS/c1-8(2)7-16(6-4-5-13)11(17)10-9(3)15-12(14)18-10/h8H,4,6-7H2,1-3H3,(H2,14,15). The number of nitrogens with two attached hydrogens (primary N) is 1. The van der Waals surface area contributed by atoms with E-state index in [0.717, 1.165) is 0 Å². The largest absolute Gasteiger partial charge is 0.375 e. The lowest BCUT2D eigenvalue weighted by atomic mass is 10.2. The average molecular weight is 266 g/mol. The lowest BCUT2D eigenvalue weighted by Gasteiger charge is -2.23. The Kier molecular flexibility index (Phi) is 5.10. The molecule has 6 heteroatoms. The molecule has 0 aliphatic carbocycles. The summed E-state index contributed by atoms with van der Waals surface area (Å²) in [7, 11) is 0. The first kappa shape index (κ1) is 14.5. The Bertz CT molecular complexity index is 461. The maximum absolute atomic E-state index is 12.4. The molecule has 0 aliphatic rings. The van der Waals surface area contributed by atoms with Crippen molar-refractivity contribution in [3.8, 4) is 6.07 Å². The van der Waals surface area contributed by atoms with Crippen LogP contribution in [-0.4, -0.2) is 28.9 Å². The number of aromatic nitrogens is 1. The van der Waals surface area contributed by atoms with Gasteiger partial charge in [0.05, 0.1) is 18.2 Å². The second-order valence-corrected chi connectivity index (χ2v) is 5.55. The molecular formula is C12H18N4OS. The van der Waals surface area contributed by atoms with E-state index in [1.807, 2.05) is 13.8 Å². The lowest BCUT2D eigenvalue weighted by Crippen LogP contribution is -2.34. The van der Waals surface area contributed by atoms with Gasteiger partial charge in [0.25, 0.3) is 5.91 Å². The minimum Gasteiger partial charge on any atom is -0.375 e. The molecule has 0 radical (unpaired) electrons. The number of nitriles is 1. The van der Waals surface area contributed by atoms with Crippen molar-refractivity contribution in [2.24, 2.45) is 5.92 Å². The average Bonchev–Trinajstić information content (AvgIpc) is 2.62. The molecule has 0 atom stereocenters. The molecule has 5 nitrogen and oxygen atoms in total. The highest BCUT2D eigenvalue weighted by Crippen LogP contribution is 2.22. The fourth-order valence-corrected chi connectivity index (χ4v) is 2.46. The minimum absolute atomic E-state index is 0.0781. The fourth-order valence-electron chi connectivity index (χ4n) is 1.66. The Labute approximate surface area is 111 Å². The number of carbonyl (C=O) groups is 1. The van der Waals surface area contributed by atoms with Crippen molar-refractivity contribution < 1.29 is 4.79 Å². The molecule has 0 spiro atoms. The third kappa shape index (κ3) is 3.70. The molecule has 0 saturated heterocycles. The van der Waals surface area contributed by atoms with Crippen LogP contribution in [0, 0.1) is 24.2 Å². The molecule has 2 N–H and O–H groups in total. The van der Waals surface area contributed by atoms with Crippen LogP contribution < -0.4 is 5.73 Å². The predicted octanol–water partition coefficient (Wildman–Crippen LogP) is 2.05. The topological polar surface area (TPSA) is 83.0 Å². The first-order valence-corrected chi connectivity index (χ1v) is 6.66. The van der Waals surface area contributed by atoms with Crippen molar-refractivity contribution in [1.82, 2.24) is 9.88 Å². The quantitative estimate of drug-likeness (QED) is 0.884. The van der Waals surface area contributed by atoms with Crippen molar-refractivity contribution in [3.05, 3.63) is 10.6 Å². The Morgan fingerprint density at radius 2 is 2.28 bits per heavy atom. The normalized spacial score (nSPS) is 10.4. The maximum atomic E-state index is 12.4. The molecule has 1 rings (SSSR count). The van der Waals surface area contributed by atoms with Gasteiger partial charge in [0.2, 0.25) is 0 Å². The summed E-state index contributed by atoms with van der Waals surface area (Å²) in [6, 6.07) is 2.07. The zero-order chi connectivity index (χ0) is 13.7. The molecule has 0 unspecified atom stereocenters. The SMILES string of the molecule is Cc1nc(N)sc1C(=O)N(CCC#N)CC(C)C. The van der Waals surface area contributed by atoms with Gasteiger partial charge in [-0.15, -0.1) is 0 Å². The molecule has 0 aliphatic heterocycles. The number of hydrogen-bond donors (Lipinski definition) is 1. The summed E-state index contributed by atoms with van der Waals surface area (Å²) >= 11 is 1.20. The van der Waals surface area contributed by atoms with E-state index in [1.54, 1.807) is 11.8 Å². The van der Waals surface area contributed by atoms with Crippen LogP contribution in [0.5, 0.6) is 0 Å². The van der Waals surface area contributed by atoms with Crippen molar-refractivity contribution in [2.75, 3.05) is 18.8 Å². The van der Waals surface area contributed by atoms with Gasteiger partial charge in [-0.2, -0.15) is 5.26 Å². The number of thiazole rings is 1. The molecule has 18 heavy (non-hydrogen) atoms. The van der Waals surface area contributed by atoms with Crippen LogP contribution >= 0.6 is 11.3 Å². The molecule has 0 saturated carbocycles. The number of hydrogen-bond acceptors (Lipinski definition) is 5. The third-order valence-electron chi connectivity index (χ3n) is 2.37. The summed E-state index contributed by atoms with van der Waals surface area (Å²) in [6.45, 7) is 6.95. The molecule has 0 bridgehead atoms. The van der Waals surface area contributed by atoms with Crippen LogP contribution in [0.4, 0.5) is 5.13 Å². The van der Waals surface area contributed by atoms with E-state index in [2.05, 4.69) is 11.1 Å². The van der Waals surface area contributed by atoms with E-state index in [4.69, 9.17) is 11.0 Å². The number of rotatable bonds is 5. The summed E-state index contributed by atoms with van der Waals surface area (Å²) < 4.78 is 0. The Hall–Kier alpha value is -1.61. The van der Waals surface area contributed by atoms with E-state index in [0.29, 0.717) is 41.1 Å². The highest BCUT2D eigenvalue weighted by atomic mass is 32.1. The van der Waals surface area contributed by atoms with E-state index in [9.17, 15) is 4.79 Å². The molecule has 1 aromatic heterocycles. The summed E-state index contributed by atoms with van der Waals surface area (Å²) in [5.41, 5.74) is 6.26. The Morgan fingerprint density at radius 1 is 1.61 bits per heavy atom. The number of carbonyl (C=O) groups excluding carboxylic acids is 1. The van der Waals surface area contributed by atoms with E-state index in [-0.39, 0.29) is 5.91 Å². The van der Waals surface area contributed by atoms with Crippen LogP contribution in [0.3, 0.4) is 0 Å². The predicted molar refractivity (Wildman–Crippen MR) is 72.2 cm³/mol. The van der Waals surface area contributed by atoms with Crippen LogP contribution in [0.25, 0.3) is 0 Å². The summed E-state index contributed by atoms with van der Waals surface area (Å²) in [5.74, 6) is 0.281. The van der Waals surface area contributed by atoms with Gasteiger partial charge in [-0.25, -0.2) is 4.98 Å². The second kappa shape index (κ2) is 6.36. The lowest BCUT2D eigenvalue weighted by molar-refractivity contribution is 0.0744. The smallest absolute Gasteiger partial charge is 0.265 e. The third-order valence-corrected chi connectivity index (χ3v) is 3.35. The van der Waals surface area contributed by atoms with Crippen LogP contribution in [0.15, 0.2) is 0 Å². The minimum atomic E-state index is -0.0781. The second-order valence-electron chi connectivity index (χ2n) is 4.52. The first-order valence-electron chi connectivity index (χ1n) is 5.84. The fraction of sp³-hybridized carbons (Fsp3) is 0.583. The van der Waals surface area contributed by atoms with Gasteiger partial charge in [0, 0.05) is 13.1 Å². The van der Waals surface area contributed by atoms with Gasteiger partial charge in [0.1, 0.15) is 4.88 Å². The first-order chi connectivity index (χ1) is 8.45. The van der Waals surface area contributed by atoms with Crippen molar-refractivity contribution in [1.29, 1.82) is 5.26 Å². The molecule has 1 aromatic rings.